The van der Waals surface area contributed by atoms with Crippen molar-refractivity contribution in [3.63, 3.8) is 0 Å². The van der Waals surface area contributed by atoms with Crippen molar-refractivity contribution in [3.8, 4) is 0 Å². The average molecular weight is 435 g/mol. The largest absolute Gasteiger partial charge is 0.399 e. The van der Waals surface area contributed by atoms with Crippen molar-refractivity contribution in [3.05, 3.63) is 129 Å². The fraction of sp³-hybridized carbons (Fsp3) is 0.226. The average Bonchev–Trinajstić information content (AvgIpc) is 2.80. The number of hydrogen-bond acceptors (Lipinski definition) is 2. The quantitative estimate of drug-likeness (QED) is 0.299. The van der Waals surface area contributed by atoms with Crippen molar-refractivity contribution < 1.29 is 0 Å². The molecule has 0 spiro atoms. The molecule has 0 aliphatic heterocycles. The summed E-state index contributed by atoms with van der Waals surface area (Å²) in [6.07, 6.45) is 5.28. The zero-order valence-electron chi connectivity index (χ0n) is 19.8. The van der Waals surface area contributed by atoms with E-state index in [1.54, 1.807) is 0 Å². The third kappa shape index (κ3) is 6.26. The van der Waals surface area contributed by atoms with E-state index in [0.717, 1.165) is 43.5 Å². The normalized spacial score (nSPS) is 11.0. The molecule has 0 radical (unpaired) electrons. The van der Waals surface area contributed by atoms with Crippen LogP contribution in [0.25, 0.3) is 0 Å². The standard InChI is InChI=1S/C31H34N2/c1-22-18-26(20-24-8-14-30(32)15-9-24)6-12-28(22)4-3-5-29-13-7-27(19-23(29)2)21-25-10-16-31(33)17-11-25/h6-19H,3-5,20-21,32-33H2,1-2H3. The number of nitrogens with two attached hydrogens (primary N) is 2. The van der Waals surface area contributed by atoms with E-state index in [0.29, 0.717) is 0 Å². The minimum Gasteiger partial charge on any atom is -0.399 e. The monoisotopic (exact) mass is 434 g/mol. The van der Waals surface area contributed by atoms with Gasteiger partial charge in [-0.25, -0.2) is 0 Å². The number of benzene rings is 4. The van der Waals surface area contributed by atoms with Gasteiger partial charge in [0.15, 0.2) is 0 Å². The summed E-state index contributed by atoms with van der Waals surface area (Å²) in [7, 11) is 0. The Balaban J connectivity index is 1.32. The number of anilines is 2. The summed E-state index contributed by atoms with van der Waals surface area (Å²) >= 11 is 0. The summed E-state index contributed by atoms with van der Waals surface area (Å²) in [5.41, 5.74) is 24.2. The summed E-state index contributed by atoms with van der Waals surface area (Å²) in [5, 5.41) is 0. The van der Waals surface area contributed by atoms with Gasteiger partial charge in [0.25, 0.3) is 0 Å². The summed E-state index contributed by atoms with van der Waals surface area (Å²) in [4.78, 5) is 0. The van der Waals surface area contributed by atoms with Gasteiger partial charge >= 0.3 is 0 Å². The van der Waals surface area contributed by atoms with Gasteiger partial charge in [-0.05, 0) is 115 Å². The molecule has 4 aromatic carbocycles. The fourth-order valence-corrected chi connectivity index (χ4v) is 4.51. The van der Waals surface area contributed by atoms with Gasteiger partial charge in [0, 0.05) is 11.4 Å². The summed E-state index contributed by atoms with van der Waals surface area (Å²) in [5.74, 6) is 0. The fourth-order valence-electron chi connectivity index (χ4n) is 4.51. The van der Waals surface area contributed by atoms with Gasteiger partial charge in [-0.1, -0.05) is 60.7 Å². The highest BCUT2D eigenvalue weighted by Crippen LogP contribution is 2.20. The minimum atomic E-state index is 0.817. The molecule has 4 rings (SSSR count). The maximum absolute atomic E-state index is 5.80. The predicted octanol–water partition coefficient (Wildman–Crippen LogP) is 6.82. The highest BCUT2D eigenvalue weighted by Gasteiger charge is 2.05. The molecule has 33 heavy (non-hydrogen) atoms. The second kappa shape index (κ2) is 10.4. The van der Waals surface area contributed by atoms with E-state index in [1.165, 1.54) is 44.5 Å². The maximum atomic E-state index is 5.80. The molecule has 4 aromatic rings. The molecule has 0 bridgehead atoms. The molecular weight excluding hydrogens is 400 g/mol. The van der Waals surface area contributed by atoms with Gasteiger partial charge in [-0.15, -0.1) is 0 Å². The summed E-state index contributed by atoms with van der Waals surface area (Å²) in [6.45, 7) is 4.47. The zero-order chi connectivity index (χ0) is 23.2. The van der Waals surface area contributed by atoms with E-state index in [9.17, 15) is 0 Å². The second-order valence-electron chi connectivity index (χ2n) is 9.21. The molecule has 0 atom stereocenters. The van der Waals surface area contributed by atoms with Crippen molar-refractivity contribution >= 4 is 11.4 Å². The lowest BCUT2D eigenvalue weighted by Gasteiger charge is -2.11. The molecule has 0 unspecified atom stereocenters. The summed E-state index contributed by atoms with van der Waals surface area (Å²) < 4.78 is 0. The number of nitrogen functional groups attached to an aromatic ring is 2. The molecule has 0 saturated carbocycles. The van der Waals surface area contributed by atoms with Crippen molar-refractivity contribution in [2.75, 3.05) is 11.5 Å². The zero-order valence-corrected chi connectivity index (χ0v) is 19.8. The first-order chi connectivity index (χ1) is 16.0. The Labute approximate surface area is 198 Å². The Morgan fingerprint density at radius 3 is 1.21 bits per heavy atom. The molecule has 4 N–H and O–H groups in total. The van der Waals surface area contributed by atoms with E-state index in [4.69, 9.17) is 11.5 Å². The van der Waals surface area contributed by atoms with Crippen molar-refractivity contribution in [1.82, 2.24) is 0 Å². The molecular formula is C31H34N2. The van der Waals surface area contributed by atoms with Crippen molar-refractivity contribution in [1.29, 1.82) is 0 Å². The van der Waals surface area contributed by atoms with Gasteiger partial charge in [-0.2, -0.15) is 0 Å². The molecule has 0 aromatic heterocycles. The maximum Gasteiger partial charge on any atom is 0.0314 e. The van der Waals surface area contributed by atoms with Crippen LogP contribution in [0.15, 0.2) is 84.9 Å². The van der Waals surface area contributed by atoms with Gasteiger partial charge < -0.3 is 11.5 Å². The first kappa shape index (κ1) is 22.7. The van der Waals surface area contributed by atoms with E-state index in [1.807, 2.05) is 24.3 Å². The molecule has 0 aliphatic carbocycles. The van der Waals surface area contributed by atoms with E-state index < -0.39 is 0 Å². The Hall–Kier alpha value is -3.52. The van der Waals surface area contributed by atoms with Gasteiger partial charge in [-0.3, -0.25) is 0 Å². The Morgan fingerprint density at radius 1 is 0.485 bits per heavy atom. The predicted molar refractivity (Wildman–Crippen MR) is 142 cm³/mol. The molecule has 0 aliphatic rings. The number of aryl methyl sites for hydroxylation is 4. The van der Waals surface area contributed by atoms with Crippen LogP contribution < -0.4 is 11.5 Å². The SMILES string of the molecule is Cc1cc(Cc2ccc(N)cc2)ccc1CCCc1ccc(Cc2ccc(N)cc2)cc1C. The van der Waals surface area contributed by atoms with Crippen LogP contribution in [0.4, 0.5) is 11.4 Å². The minimum absolute atomic E-state index is 0.817. The van der Waals surface area contributed by atoms with Gasteiger partial charge in [0.1, 0.15) is 0 Å². The summed E-state index contributed by atoms with van der Waals surface area (Å²) in [6, 6.07) is 30.2. The second-order valence-corrected chi connectivity index (χ2v) is 9.21. The lowest BCUT2D eigenvalue weighted by atomic mass is 9.94. The molecule has 2 heteroatoms. The molecule has 2 nitrogen and oxygen atoms in total. The van der Waals surface area contributed by atoms with Crippen molar-refractivity contribution in [2.45, 2.75) is 46.0 Å². The Bertz CT molecular complexity index is 1110. The van der Waals surface area contributed by atoms with Crippen LogP contribution in [0.3, 0.4) is 0 Å². The van der Waals surface area contributed by atoms with Crippen molar-refractivity contribution in [2.24, 2.45) is 0 Å². The molecule has 0 saturated heterocycles. The van der Waals surface area contributed by atoms with Crippen LogP contribution in [0.2, 0.25) is 0 Å². The highest BCUT2D eigenvalue weighted by atomic mass is 14.5. The third-order valence-corrected chi connectivity index (χ3v) is 6.48. The number of hydrogen-bond donors (Lipinski definition) is 2. The van der Waals surface area contributed by atoms with Gasteiger partial charge in [0.2, 0.25) is 0 Å². The number of rotatable bonds is 8. The van der Waals surface area contributed by atoms with Crippen LogP contribution in [0.1, 0.15) is 50.9 Å². The molecule has 168 valence electrons. The Morgan fingerprint density at radius 2 is 0.848 bits per heavy atom. The first-order valence-corrected chi connectivity index (χ1v) is 11.8. The van der Waals surface area contributed by atoms with Crippen LogP contribution in [-0.4, -0.2) is 0 Å². The van der Waals surface area contributed by atoms with Crippen LogP contribution in [0, 0.1) is 13.8 Å². The lowest BCUT2D eigenvalue weighted by Crippen LogP contribution is -1.98. The third-order valence-electron chi connectivity index (χ3n) is 6.48. The van der Waals surface area contributed by atoms with E-state index in [-0.39, 0.29) is 0 Å². The lowest BCUT2D eigenvalue weighted by molar-refractivity contribution is 0.810. The van der Waals surface area contributed by atoms with E-state index in [2.05, 4.69) is 74.5 Å². The first-order valence-electron chi connectivity index (χ1n) is 11.8. The van der Waals surface area contributed by atoms with Crippen LogP contribution in [0.5, 0.6) is 0 Å². The molecule has 0 fully saturated rings. The molecule has 0 amide bonds. The smallest absolute Gasteiger partial charge is 0.0314 e. The van der Waals surface area contributed by atoms with Crippen LogP contribution in [-0.2, 0) is 25.7 Å². The van der Waals surface area contributed by atoms with Crippen LogP contribution >= 0.6 is 0 Å². The highest BCUT2D eigenvalue weighted by molar-refractivity contribution is 5.43. The topological polar surface area (TPSA) is 52.0 Å². The Kier molecular flexibility index (Phi) is 7.14. The van der Waals surface area contributed by atoms with Gasteiger partial charge in [0.05, 0.1) is 0 Å². The molecule has 0 heterocycles. The van der Waals surface area contributed by atoms with E-state index >= 15 is 0 Å².